The molecule has 0 saturated heterocycles. The van der Waals surface area contributed by atoms with E-state index >= 15 is 0 Å². The molecule has 0 spiro atoms. The van der Waals surface area contributed by atoms with Gasteiger partial charge in [-0.1, -0.05) is 24.3 Å². The van der Waals surface area contributed by atoms with E-state index in [1.807, 2.05) is 26.0 Å². The predicted molar refractivity (Wildman–Crippen MR) is 73.5 cm³/mol. The Balaban J connectivity index is 3.08. The van der Waals surface area contributed by atoms with Crippen LogP contribution in [-0.2, 0) is 0 Å². The van der Waals surface area contributed by atoms with Gasteiger partial charge in [-0.15, -0.1) is 6.58 Å². The van der Waals surface area contributed by atoms with Gasteiger partial charge >= 0.3 is 0 Å². The van der Waals surface area contributed by atoms with Gasteiger partial charge in [-0.25, -0.2) is 0 Å². The largest absolute Gasteiger partial charge is 0.388 e. The van der Waals surface area contributed by atoms with Crippen molar-refractivity contribution in [3.8, 4) is 0 Å². The molecule has 1 aromatic rings. The third-order valence-electron chi connectivity index (χ3n) is 2.99. The first kappa shape index (κ1) is 14.5. The summed E-state index contributed by atoms with van der Waals surface area (Å²) < 4.78 is 0. The fourth-order valence-electron chi connectivity index (χ4n) is 1.95. The molecule has 1 amide bonds. The Bertz CT molecular complexity index is 411. The van der Waals surface area contributed by atoms with E-state index in [2.05, 4.69) is 6.58 Å². The average Bonchev–Trinajstić information content (AvgIpc) is 2.40. The van der Waals surface area contributed by atoms with Crippen molar-refractivity contribution >= 4 is 5.91 Å². The Morgan fingerprint density at radius 3 is 2.56 bits per heavy atom. The Kier molecular flexibility index (Phi) is 5.59. The maximum atomic E-state index is 12.3. The molecule has 0 aliphatic rings. The van der Waals surface area contributed by atoms with Gasteiger partial charge in [0.25, 0.3) is 5.91 Å². The van der Waals surface area contributed by atoms with Gasteiger partial charge in [0, 0.05) is 18.7 Å². The van der Waals surface area contributed by atoms with Crippen molar-refractivity contribution in [2.75, 3.05) is 13.1 Å². The van der Waals surface area contributed by atoms with Gasteiger partial charge in [0.05, 0.1) is 6.10 Å². The van der Waals surface area contributed by atoms with E-state index in [1.165, 1.54) is 0 Å². The highest BCUT2D eigenvalue weighted by Gasteiger charge is 2.19. The van der Waals surface area contributed by atoms with E-state index < -0.39 is 6.10 Å². The summed E-state index contributed by atoms with van der Waals surface area (Å²) in [5, 5.41) is 10.0. The van der Waals surface area contributed by atoms with Crippen molar-refractivity contribution in [3.05, 3.63) is 48.0 Å². The molecule has 0 fully saturated rings. The fraction of sp³-hybridized carbons (Fsp3) is 0.400. The van der Waals surface area contributed by atoms with Crippen molar-refractivity contribution in [2.24, 2.45) is 0 Å². The molecular formula is C15H21NO2. The predicted octanol–water partition coefficient (Wildman–Crippen LogP) is 2.78. The molecule has 0 aliphatic heterocycles. The van der Waals surface area contributed by atoms with Gasteiger partial charge in [-0.2, -0.15) is 0 Å². The second kappa shape index (κ2) is 6.97. The molecule has 3 nitrogen and oxygen atoms in total. The van der Waals surface area contributed by atoms with Crippen LogP contribution in [0.4, 0.5) is 0 Å². The van der Waals surface area contributed by atoms with Crippen molar-refractivity contribution in [1.29, 1.82) is 0 Å². The molecular weight excluding hydrogens is 226 g/mol. The van der Waals surface area contributed by atoms with Crippen LogP contribution in [0.5, 0.6) is 0 Å². The lowest BCUT2D eigenvalue weighted by Gasteiger charge is -2.21. The molecule has 0 unspecified atom stereocenters. The van der Waals surface area contributed by atoms with Crippen LogP contribution >= 0.6 is 0 Å². The molecule has 1 N–H and O–H groups in total. The number of nitrogens with zero attached hydrogens (tertiary/aromatic N) is 1. The monoisotopic (exact) mass is 247 g/mol. The lowest BCUT2D eigenvalue weighted by atomic mass is 9.99. The standard InChI is InChI=1S/C15H21NO2/c1-4-9-14(17)12-10-7-8-11-13(12)15(18)16(5-2)6-3/h4,7-8,10-11,14,17H,1,5-6,9H2,2-3H3/t14-/m0/s1. The highest BCUT2D eigenvalue weighted by molar-refractivity contribution is 5.95. The van der Waals surface area contributed by atoms with Gasteiger partial charge in [0.15, 0.2) is 0 Å². The summed E-state index contributed by atoms with van der Waals surface area (Å²) in [6.07, 6.45) is 1.43. The van der Waals surface area contributed by atoms with Gasteiger partial charge in [-0.3, -0.25) is 4.79 Å². The number of benzene rings is 1. The molecule has 1 aromatic carbocycles. The van der Waals surface area contributed by atoms with Gasteiger partial charge < -0.3 is 10.0 Å². The number of hydrogen-bond donors (Lipinski definition) is 1. The zero-order chi connectivity index (χ0) is 13.5. The molecule has 0 radical (unpaired) electrons. The minimum atomic E-state index is -0.668. The fourth-order valence-corrected chi connectivity index (χ4v) is 1.95. The van der Waals surface area contributed by atoms with Crippen molar-refractivity contribution < 1.29 is 9.90 Å². The Morgan fingerprint density at radius 2 is 2.00 bits per heavy atom. The van der Waals surface area contributed by atoms with E-state index in [-0.39, 0.29) is 5.91 Å². The zero-order valence-corrected chi connectivity index (χ0v) is 11.1. The van der Waals surface area contributed by atoms with E-state index in [0.29, 0.717) is 30.6 Å². The number of amides is 1. The molecule has 0 aromatic heterocycles. The van der Waals surface area contributed by atoms with E-state index in [1.54, 1.807) is 23.1 Å². The maximum absolute atomic E-state index is 12.3. The minimum Gasteiger partial charge on any atom is -0.388 e. The molecule has 0 aliphatic carbocycles. The zero-order valence-electron chi connectivity index (χ0n) is 11.1. The summed E-state index contributed by atoms with van der Waals surface area (Å²) >= 11 is 0. The Hall–Kier alpha value is -1.61. The maximum Gasteiger partial charge on any atom is 0.254 e. The van der Waals surface area contributed by atoms with Crippen LogP contribution in [0.3, 0.4) is 0 Å². The number of hydrogen-bond acceptors (Lipinski definition) is 2. The second-order valence-corrected chi connectivity index (χ2v) is 4.10. The first-order valence-corrected chi connectivity index (χ1v) is 6.32. The topological polar surface area (TPSA) is 40.5 Å². The van der Waals surface area contributed by atoms with Crippen LogP contribution in [-0.4, -0.2) is 29.0 Å². The third kappa shape index (κ3) is 3.20. The molecule has 0 heterocycles. The molecule has 1 rings (SSSR count). The summed E-state index contributed by atoms with van der Waals surface area (Å²) in [7, 11) is 0. The Morgan fingerprint density at radius 1 is 1.39 bits per heavy atom. The van der Waals surface area contributed by atoms with Gasteiger partial charge in [0.1, 0.15) is 0 Å². The normalized spacial score (nSPS) is 11.9. The molecule has 1 atom stereocenters. The Labute approximate surface area is 109 Å². The van der Waals surface area contributed by atoms with Crippen molar-refractivity contribution in [3.63, 3.8) is 0 Å². The molecule has 0 saturated carbocycles. The number of aliphatic hydroxyl groups excluding tert-OH is 1. The van der Waals surface area contributed by atoms with Crippen LogP contribution in [0.25, 0.3) is 0 Å². The van der Waals surface area contributed by atoms with E-state index in [9.17, 15) is 9.90 Å². The first-order valence-electron chi connectivity index (χ1n) is 6.32. The van der Waals surface area contributed by atoms with Crippen molar-refractivity contribution in [2.45, 2.75) is 26.4 Å². The van der Waals surface area contributed by atoms with Crippen LogP contribution in [0.2, 0.25) is 0 Å². The average molecular weight is 247 g/mol. The van der Waals surface area contributed by atoms with E-state index in [0.717, 1.165) is 0 Å². The minimum absolute atomic E-state index is 0.0290. The third-order valence-corrected chi connectivity index (χ3v) is 2.99. The molecule has 3 heteroatoms. The summed E-state index contributed by atoms with van der Waals surface area (Å²) in [5.74, 6) is -0.0290. The van der Waals surface area contributed by atoms with E-state index in [4.69, 9.17) is 0 Å². The summed E-state index contributed by atoms with van der Waals surface area (Å²) in [5.41, 5.74) is 1.25. The number of aliphatic hydroxyl groups is 1. The summed E-state index contributed by atoms with van der Waals surface area (Å²) in [6, 6.07) is 7.22. The molecule has 18 heavy (non-hydrogen) atoms. The quantitative estimate of drug-likeness (QED) is 0.785. The SMILES string of the molecule is C=CC[C@H](O)c1ccccc1C(=O)N(CC)CC. The summed E-state index contributed by atoms with van der Waals surface area (Å²) in [4.78, 5) is 14.1. The second-order valence-electron chi connectivity index (χ2n) is 4.10. The highest BCUT2D eigenvalue weighted by atomic mass is 16.3. The smallest absolute Gasteiger partial charge is 0.254 e. The van der Waals surface area contributed by atoms with Gasteiger partial charge in [0.2, 0.25) is 0 Å². The van der Waals surface area contributed by atoms with Crippen LogP contribution in [0.15, 0.2) is 36.9 Å². The number of carbonyl (C=O) groups is 1. The summed E-state index contributed by atoms with van der Waals surface area (Å²) in [6.45, 7) is 8.85. The van der Waals surface area contributed by atoms with Crippen molar-refractivity contribution in [1.82, 2.24) is 4.90 Å². The first-order chi connectivity index (χ1) is 8.65. The number of carbonyl (C=O) groups excluding carboxylic acids is 1. The van der Waals surface area contributed by atoms with Gasteiger partial charge in [-0.05, 0) is 31.9 Å². The highest BCUT2D eigenvalue weighted by Crippen LogP contribution is 2.22. The lowest BCUT2D eigenvalue weighted by Crippen LogP contribution is -2.31. The number of rotatable bonds is 6. The lowest BCUT2D eigenvalue weighted by molar-refractivity contribution is 0.0765. The molecule has 98 valence electrons. The molecule has 0 bridgehead atoms. The van der Waals surface area contributed by atoms with Crippen LogP contribution in [0, 0.1) is 0 Å². The van der Waals surface area contributed by atoms with Crippen LogP contribution in [0.1, 0.15) is 42.3 Å². The van der Waals surface area contributed by atoms with Crippen LogP contribution < -0.4 is 0 Å².